The Labute approximate surface area is 152 Å². The van der Waals surface area contributed by atoms with Crippen molar-refractivity contribution in [3.63, 3.8) is 0 Å². The second-order valence-corrected chi connectivity index (χ2v) is 10.9. The topological polar surface area (TPSA) is 150 Å². The molecule has 2 heterocycles. The summed E-state index contributed by atoms with van der Waals surface area (Å²) in [5, 5.41) is -0.0730. The minimum atomic E-state index is -3.79. The zero-order valence-corrected chi connectivity index (χ0v) is 16.4. The summed E-state index contributed by atoms with van der Waals surface area (Å²) in [5.74, 6) is 0. The fraction of sp³-hybridized carbons (Fsp3) is 0.571. The van der Waals surface area contributed by atoms with Crippen LogP contribution in [0.25, 0.3) is 0 Å². The number of nitrogens with zero attached hydrogens (tertiary/aromatic N) is 2. The van der Waals surface area contributed by atoms with Crippen LogP contribution >= 0.6 is 0 Å². The fourth-order valence-corrected chi connectivity index (χ4v) is 6.88. The van der Waals surface area contributed by atoms with E-state index in [0.717, 1.165) is 0 Å². The monoisotopic (exact) mass is 402 g/mol. The predicted molar refractivity (Wildman–Crippen MR) is 93.0 cm³/mol. The van der Waals surface area contributed by atoms with Crippen LogP contribution in [0.5, 0.6) is 0 Å². The maximum absolute atomic E-state index is 12.5. The van der Waals surface area contributed by atoms with E-state index in [9.17, 15) is 16.8 Å². The first-order valence-electron chi connectivity index (χ1n) is 7.90. The van der Waals surface area contributed by atoms with Gasteiger partial charge in [-0.25, -0.2) is 36.2 Å². The number of imidazole rings is 2. The van der Waals surface area contributed by atoms with Crippen molar-refractivity contribution in [1.29, 1.82) is 0 Å². The SMILES string of the molecule is CC1(C)C(NS(=O)(=O)c2cnc[nH]2)C(C)(C)C1NS(=O)(=O)c1cnc[nH]1. The number of H-pyrrole nitrogens is 2. The van der Waals surface area contributed by atoms with Gasteiger partial charge in [-0.3, -0.25) is 0 Å². The fourth-order valence-electron chi connectivity index (χ4n) is 3.98. The van der Waals surface area contributed by atoms with Crippen molar-refractivity contribution in [1.82, 2.24) is 29.4 Å². The number of nitrogens with one attached hydrogen (secondary N) is 4. The molecule has 0 bridgehead atoms. The molecular formula is C14H22N6O4S2. The second kappa shape index (κ2) is 5.87. The van der Waals surface area contributed by atoms with E-state index in [-0.39, 0.29) is 10.1 Å². The molecule has 2 aromatic heterocycles. The maximum atomic E-state index is 12.5. The first-order valence-corrected chi connectivity index (χ1v) is 10.9. The molecule has 10 nitrogen and oxygen atoms in total. The number of hydrogen-bond acceptors (Lipinski definition) is 6. The minimum Gasteiger partial charge on any atom is -0.335 e. The largest absolute Gasteiger partial charge is 0.335 e. The molecule has 0 saturated heterocycles. The normalized spacial score (nSPS) is 24.9. The van der Waals surface area contributed by atoms with Gasteiger partial charge in [-0.2, -0.15) is 0 Å². The Morgan fingerprint density at radius 3 is 1.42 bits per heavy atom. The van der Waals surface area contributed by atoms with Gasteiger partial charge >= 0.3 is 0 Å². The van der Waals surface area contributed by atoms with Crippen LogP contribution < -0.4 is 9.44 Å². The van der Waals surface area contributed by atoms with E-state index in [1.807, 2.05) is 27.7 Å². The average Bonchev–Trinajstić information content (AvgIpc) is 3.22. The highest BCUT2D eigenvalue weighted by molar-refractivity contribution is 7.89. The average molecular weight is 403 g/mol. The van der Waals surface area contributed by atoms with Crippen LogP contribution in [0.15, 0.2) is 35.1 Å². The van der Waals surface area contributed by atoms with Gasteiger partial charge in [0.1, 0.15) is 0 Å². The number of rotatable bonds is 6. The molecule has 0 aliphatic heterocycles. The van der Waals surface area contributed by atoms with Gasteiger partial charge in [0.15, 0.2) is 10.1 Å². The molecule has 0 amide bonds. The standard InChI is InChI=1S/C14H22N6O4S2/c1-13(2)11(19-25(21,22)9-5-15-7-17-9)14(3,4)12(13)20-26(23,24)10-6-16-8-18-10/h5-8,11-12,19-20H,1-4H3,(H,15,17)(H,16,18). The molecule has 0 aromatic carbocycles. The Hall–Kier alpha value is -1.76. The first-order chi connectivity index (χ1) is 11.9. The van der Waals surface area contributed by atoms with Crippen molar-refractivity contribution in [3.8, 4) is 0 Å². The van der Waals surface area contributed by atoms with Crippen molar-refractivity contribution in [2.24, 2.45) is 10.8 Å². The first kappa shape index (κ1) is 19.0. The number of hydrogen-bond donors (Lipinski definition) is 4. The molecule has 144 valence electrons. The molecule has 1 aliphatic rings. The third-order valence-corrected chi connectivity index (χ3v) is 7.74. The van der Waals surface area contributed by atoms with Crippen LogP contribution in [0.3, 0.4) is 0 Å². The summed E-state index contributed by atoms with van der Waals surface area (Å²) in [6.07, 6.45) is 5.01. The summed E-state index contributed by atoms with van der Waals surface area (Å²) in [7, 11) is -7.58. The molecule has 0 atom stereocenters. The van der Waals surface area contributed by atoms with Gasteiger partial charge in [0, 0.05) is 12.1 Å². The lowest BCUT2D eigenvalue weighted by Gasteiger charge is -2.63. The Morgan fingerprint density at radius 1 is 0.808 bits per heavy atom. The third kappa shape index (κ3) is 2.96. The van der Waals surface area contributed by atoms with Crippen molar-refractivity contribution in [3.05, 3.63) is 25.0 Å². The van der Waals surface area contributed by atoms with Crippen molar-refractivity contribution in [2.45, 2.75) is 49.8 Å². The maximum Gasteiger partial charge on any atom is 0.257 e. The Kier molecular flexibility index (Phi) is 4.30. The minimum absolute atomic E-state index is 0.0365. The Balaban J connectivity index is 1.84. The highest BCUT2D eigenvalue weighted by Crippen LogP contribution is 2.54. The molecule has 12 heteroatoms. The zero-order chi connectivity index (χ0) is 19.4. The summed E-state index contributed by atoms with van der Waals surface area (Å²) in [5.41, 5.74) is -1.33. The van der Waals surface area contributed by atoms with E-state index < -0.39 is 43.0 Å². The quantitative estimate of drug-likeness (QED) is 0.542. The van der Waals surface area contributed by atoms with Crippen LogP contribution in [0, 0.1) is 10.8 Å². The van der Waals surface area contributed by atoms with Crippen molar-refractivity contribution < 1.29 is 16.8 Å². The molecule has 1 saturated carbocycles. The predicted octanol–water partition coefficient (Wildman–Crippen LogP) is 0.193. The lowest BCUT2D eigenvalue weighted by Crippen LogP contribution is -2.77. The lowest BCUT2D eigenvalue weighted by molar-refractivity contribution is -0.0683. The van der Waals surface area contributed by atoms with Crippen LogP contribution in [-0.2, 0) is 20.0 Å². The summed E-state index contributed by atoms with van der Waals surface area (Å²) in [4.78, 5) is 12.6. The van der Waals surface area contributed by atoms with E-state index in [4.69, 9.17) is 0 Å². The van der Waals surface area contributed by atoms with Crippen LogP contribution in [0.1, 0.15) is 27.7 Å². The molecule has 0 radical (unpaired) electrons. The second-order valence-electron chi connectivity index (χ2n) is 7.58. The highest BCUT2D eigenvalue weighted by Gasteiger charge is 2.63. The van der Waals surface area contributed by atoms with Gasteiger partial charge in [0.2, 0.25) is 0 Å². The Bertz CT molecular complexity index is 884. The zero-order valence-electron chi connectivity index (χ0n) is 14.8. The van der Waals surface area contributed by atoms with Gasteiger partial charge in [-0.1, -0.05) is 27.7 Å². The summed E-state index contributed by atoms with van der Waals surface area (Å²) in [6.45, 7) is 7.27. The molecular weight excluding hydrogens is 380 g/mol. The van der Waals surface area contributed by atoms with E-state index >= 15 is 0 Å². The van der Waals surface area contributed by atoms with Gasteiger partial charge in [0.05, 0.1) is 25.0 Å². The van der Waals surface area contributed by atoms with Crippen molar-refractivity contribution >= 4 is 20.0 Å². The molecule has 4 N–H and O–H groups in total. The van der Waals surface area contributed by atoms with Gasteiger partial charge in [0.25, 0.3) is 20.0 Å². The van der Waals surface area contributed by atoms with E-state index in [1.165, 1.54) is 25.0 Å². The van der Waals surface area contributed by atoms with Crippen molar-refractivity contribution in [2.75, 3.05) is 0 Å². The third-order valence-electron chi connectivity index (χ3n) is 5.05. The van der Waals surface area contributed by atoms with Gasteiger partial charge < -0.3 is 9.97 Å². The smallest absolute Gasteiger partial charge is 0.257 e. The molecule has 1 fully saturated rings. The van der Waals surface area contributed by atoms with Gasteiger partial charge in [-0.05, 0) is 10.8 Å². The molecule has 0 unspecified atom stereocenters. The van der Waals surface area contributed by atoms with Crippen LogP contribution in [0.4, 0.5) is 0 Å². The lowest BCUT2D eigenvalue weighted by atomic mass is 9.49. The number of aromatic nitrogens is 4. The van der Waals surface area contributed by atoms with E-state index in [1.54, 1.807) is 0 Å². The number of aromatic amines is 2. The molecule has 3 rings (SSSR count). The summed E-state index contributed by atoms with van der Waals surface area (Å²) in [6, 6.07) is -0.976. The number of sulfonamides is 2. The van der Waals surface area contributed by atoms with E-state index in [2.05, 4.69) is 29.4 Å². The van der Waals surface area contributed by atoms with Crippen LogP contribution in [-0.4, -0.2) is 48.9 Å². The summed E-state index contributed by atoms with van der Waals surface area (Å²) < 4.78 is 55.4. The van der Waals surface area contributed by atoms with Gasteiger partial charge in [-0.15, -0.1) is 0 Å². The molecule has 0 spiro atoms. The molecule has 1 aliphatic carbocycles. The molecule has 26 heavy (non-hydrogen) atoms. The highest BCUT2D eigenvalue weighted by atomic mass is 32.2. The summed E-state index contributed by atoms with van der Waals surface area (Å²) >= 11 is 0. The Morgan fingerprint density at radius 2 is 1.15 bits per heavy atom. The molecule has 2 aromatic rings. The van der Waals surface area contributed by atoms with E-state index in [0.29, 0.717) is 0 Å². The van der Waals surface area contributed by atoms with Crippen LogP contribution in [0.2, 0.25) is 0 Å².